The zero-order valence-corrected chi connectivity index (χ0v) is 19.0. The molecule has 1 atom stereocenters. The van der Waals surface area contributed by atoms with Crippen molar-refractivity contribution in [2.24, 2.45) is 5.10 Å². The fourth-order valence-electron chi connectivity index (χ4n) is 3.91. The van der Waals surface area contributed by atoms with Gasteiger partial charge in [0.15, 0.2) is 0 Å². The second-order valence-corrected chi connectivity index (χ2v) is 8.27. The first-order chi connectivity index (χ1) is 17.0. The van der Waals surface area contributed by atoms with Crippen molar-refractivity contribution in [1.82, 2.24) is 9.91 Å². The first-order valence-corrected chi connectivity index (χ1v) is 10.9. The molecule has 0 saturated heterocycles. The van der Waals surface area contributed by atoms with Gasteiger partial charge in [-0.05, 0) is 48.0 Å². The van der Waals surface area contributed by atoms with E-state index in [1.165, 1.54) is 49.5 Å². The normalized spacial score (nSPS) is 15.6. The van der Waals surface area contributed by atoms with Crippen molar-refractivity contribution in [1.29, 1.82) is 0 Å². The Morgan fingerprint density at radius 3 is 2.22 bits per heavy atom. The molecule has 0 unspecified atom stereocenters. The molecule has 1 aliphatic heterocycles. The summed E-state index contributed by atoms with van der Waals surface area (Å²) in [6.07, 6.45) is -4.38. The number of carbonyl (C=O) groups excluding carboxylic acids is 2. The Morgan fingerprint density at radius 1 is 0.972 bits per heavy atom. The summed E-state index contributed by atoms with van der Waals surface area (Å²) in [7, 11) is 1.33. The maximum absolute atomic E-state index is 14.6. The van der Waals surface area contributed by atoms with Gasteiger partial charge in [0.2, 0.25) is 0 Å². The molecule has 0 spiro atoms. The van der Waals surface area contributed by atoms with E-state index in [9.17, 15) is 31.5 Å². The molecule has 3 aromatic rings. The first-order valence-electron chi connectivity index (χ1n) is 10.9. The summed E-state index contributed by atoms with van der Waals surface area (Å²) in [5.41, 5.74) is 0.296. The van der Waals surface area contributed by atoms with Gasteiger partial charge < -0.3 is 4.90 Å². The molecule has 186 valence electrons. The lowest BCUT2D eigenvalue weighted by atomic mass is 9.98. The van der Waals surface area contributed by atoms with Crippen LogP contribution in [0.25, 0.3) is 0 Å². The summed E-state index contributed by atoms with van der Waals surface area (Å²) in [6, 6.07) is 14.3. The van der Waals surface area contributed by atoms with Crippen LogP contribution in [0.1, 0.15) is 39.5 Å². The molecule has 0 saturated carbocycles. The zero-order valence-electron chi connectivity index (χ0n) is 19.0. The predicted octanol–water partition coefficient (Wildman–Crippen LogP) is 5.43. The number of alkyl halides is 3. The number of nitrogens with zero attached hydrogens (tertiary/aromatic N) is 3. The van der Waals surface area contributed by atoms with Gasteiger partial charge in [-0.3, -0.25) is 9.59 Å². The topological polar surface area (TPSA) is 53.0 Å². The van der Waals surface area contributed by atoms with Gasteiger partial charge in [0.25, 0.3) is 11.8 Å². The number of hydrogen-bond donors (Lipinski definition) is 0. The molecule has 0 aliphatic carbocycles. The Hall–Kier alpha value is -4.08. The number of hydrogen-bond acceptors (Lipinski definition) is 3. The van der Waals surface area contributed by atoms with Crippen molar-refractivity contribution in [3.8, 4) is 0 Å². The highest BCUT2D eigenvalue weighted by Gasteiger charge is 2.35. The van der Waals surface area contributed by atoms with Gasteiger partial charge in [0.1, 0.15) is 18.2 Å². The molecule has 5 nitrogen and oxygen atoms in total. The van der Waals surface area contributed by atoms with Gasteiger partial charge in [0, 0.05) is 24.6 Å². The van der Waals surface area contributed by atoms with E-state index in [2.05, 4.69) is 5.10 Å². The summed E-state index contributed by atoms with van der Waals surface area (Å²) in [6.45, 7) is -0.453. The minimum atomic E-state index is -4.54. The smallest absolute Gasteiger partial charge is 0.332 e. The molecular weight excluding hydrogens is 481 g/mol. The number of amides is 2. The van der Waals surface area contributed by atoms with Crippen LogP contribution in [0.15, 0.2) is 77.9 Å². The van der Waals surface area contributed by atoms with E-state index in [1.54, 1.807) is 6.07 Å². The standard InChI is InChI=1S/C26H20F5N3O2/c1-33(25(36)17-6-10-18(11-7-17)26(29,30)31)15-24(35)34-23(20-4-2-3-5-21(20)28)14-22(32-34)16-8-12-19(27)13-9-16/h2-13,23H,14-15H2,1H3/t23-/m0/s1. The molecule has 0 fully saturated rings. The van der Waals surface area contributed by atoms with Crippen LogP contribution in [0.2, 0.25) is 0 Å². The third-order valence-corrected chi connectivity index (χ3v) is 5.79. The average Bonchev–Trinajstić information content (AvgIpc) is 3.29. The average molecular weight is 501 g/mol. The Kier molecular flexibility index (Phi) is 6.87. The van der Waals surface area contributed by atoms with E-state index < -0.39 is 47.8 Å². The zero-order chi connectivity index (χ0) is 26.0. The van der Waals surface area contributed by atoms with Gasteiger partial charge in [-0.25, -0.2) is 13.8 Å². The SMILES string of the molecule is CN(CC(=O)N1N=C(c2ccc(F)cc2)C[C@H]1c1ccccc1F)C(=O)c1ccc(C(F)(F)F)cc1. The molecule has 0 aromatic heterocycles. The fourth-order valence-corrected chi connectivity index (χ4v) is 3.91. The minimum Gasteiger partial charge on any atom is -0.332 e. The Balaban J connectivity index is 1.56. The molecule has 1 aliphatic rings. The maximum Gasteiger partial charge on any atom is 0.416 e. The maximum atomic E-state index is 14.6. The quantitative estimate of drug-likeness (QED) is 0.438. The number of carbonyl (C=O) groups is 2. The van der Waals surface area contributed by atoms with Gasteiger partial charge in [-0.1, -0.05) is 30.3 Å². The van der Waals surface area contributed by atoms with Crippen molar-refractivity contribution < 1.29 is 31.5 Å². The van der Waals surface area contributed by atoms with E-state index in [0.717, 1.165) is 34.2 Å². The lowest BCUT2D eigenvalue weighted by Gasteiger charge is -2.25. The molecule has 0 bridgehead atoms. The lowest BCUT2D eigenvalue weighted by molar-refractivity contribution is -0.137. The van der Waals surface area contributed by atoms with Crippen molar-refractivity contribution in [2.75, 3.05) is 13.6 Å². The molecule has 0 radical (unpaired) electrons. The first kappa shape index (κ1) is 25.0. The Morgan fingerprint density at radius 2 is 1.61 bits per heavy atom. The number of hydrazone groups is 1. The summed E-state index contributed by atoms with van der Waals surface area (Å²) < 4.78 is 66.4. The Bertz CT molecular complexity index is 1300. The highest BCUT2D eigenvalue weighted by Crippen LogP contribution is 2.34. The third-order valence-electron chi connectivity index (χ3n) is 5.79. The number of benzene rings is 3. The number of halogens is 5. The second kappa shape index (κ2) is 9.88. The fraction of sp³-hybridized carbons (Fsp3) is 0.192. The van der Waals surface area contributed by atoms with Gasteiger partial charge in [0.05, 0.1) is 17.3 Å². The highest BCUT2D eigenvalue weighted by molar-refractivity contribution is 6.03. The van der Waals surface area contributed by atoms with Crippen LogP contribution >= 0.6 is 0 Å². The summed E-state index contributed by atoms with van der Waals surface area (Å²) in [4.78, 5) is 27.0. The van der Waals surface area contributed by atoms with E-state index in [-0.39, 0.29) is 17.5 Å². The predicted molar refractivity (Wildman–Crippen MR) is 122 cm³/mol. The summed E-state index contributed by atoms with van der Waals surface area (Å²) in [5.74, 6) is -2.27. The molecule has 4 rings (SSSR count). The molecule has 10 heteroatoms. The summed E-state index contributed by atoms with van der Waals surface area (Å²) >= 11 is 0. The van der Waals surface area contributed by atoms with E-state index in [1.807, 2.05) is 0 Å². The van der Waals surface area contributed by atoms with Crippen molar-refractivity contribution in [3.05, 3.63) is 107 Å². The largest absolute Gasteiger partial charge is 0.416 e. The van der Waals surface area contributed by atoms with Crippen molar-refractivity contribution >= 4 is 17.5 Å². The van der Waals surface area contributed by atoms with Gasteiger partial charge >= 0.3 is 6.18 Å². The van der Waals surface area contributed by atoms with E-state index >= 15 is 0 Å². The lowest BCUT2D eigenvalue weighted by Crippen LogP contribution is -2.39. The minimum absolute atomic E-state index is 0.0270. The van der Waals surface area contributed by atoms with Crippen LogP contribution in [0.3, 0.4) is 0 Å². The molecule has 3 aromatic carbocycles. The molecule has 2 amide bonds. The Labute approximate surface area is 203 Å². The number of likely N-dealkylation sites (N-methyl/N-ethyl adjacent to an activating group) is 1. The monoisotopic (exact) mass is 501 g/mol. The molecular formula is C26H20F5N3O2. The van der Waals surface area contributed by atoms with Gasteiger partial charge in [-0.2, -0.15) is 18.3 Å². The van der Waals surface area contributed by atoms with Crippen LogP contribution in [0.4, 0.5) is 22.0 Å². The third kappa shape index (κ3) is 5.27. The van der Waals surface area contributed by atoms with Crippen molar-refractivity contribution in [2.45, 2.75) is 18.6 Å². The molecule has 1 heterocycles. The van der Waals surface area contributed by atoms with Crippen LogP contribution < -0.4 is 0 Å². The van der Waals surface area contributed by atoms with E-state index in [0.29, 0.717) is 11.3 Å². The highest BCUT2D eigenvalue weighted by atomic mass is 19.4. The van der Waals surface area contributed by atoms with Crippen LogP contribution in [-0.4, -0.2) is 41.0 Å². The van der Waals surface area contributed by atoms with Crippen LogP contribution in [-0.2, 0) is 11.0 Å². The second-order valence-electron chi connectivity index (χ2n) is 8.27. The van der Waals surface area contributed by atoms with Crippen LogP contribution in [0, 0.1) is 11.6 Å². The van der Waals surface area contributed by atoms with Crippen LogP contribution in [0.5, 0.6) is 0 Å². The number of rotatable bonds is 5. The van der Waals surface area contributed by atoms with Gasteiger partial charge in [-0.15, -0.1) is 0 Å². The molecule has 0 N–H and O–H groups in total. The summed E-state index contributed by atoms with van der Waals surface area (Å²) in [5, 5.41) is 5.45. The van der Waals surface area contributed by atoms with Crippen molar-refractivity contribution in [3.63, 3.8) is 0 Å². The van der Waals surface area contributed by atoms with E-state index in [4.69, 9.17) is 0 Å². The molecule has 36 heavy (non-hydrogen) atoms.